The van der Waals surface area contributed by atoms with Gasteiger partial charge < -0.3 is 4.90 Å². The fourth-order valence-electron chi connectivity index (χ4n) is 5.22. The molecule has 1 aliphatic carbocycles. The average molecular weight is 576 g/mol. The summed E-state index contributed by atoms with van der Waals surface area (Å²) in [5.41, 5.74) is 2.49. The molecule has 0 radical (unpaired) electrons. The molecule has 1 atom stereocenters. The van der Waals surface area contributed by atoms with E-state index < -0.39 is 15.9 Å². The number of hydrogen-bond donors (Lipinski definition) is 1. The molecule has 1 aromatic heterocycles. The summed E-state index contributed by atoms with van der Waals surface area (Å²) in [6.07, 6.45) is 5.70. The van der Waals surface area contributed by atoms with Crippen LogP contribution in [0.3, 0.4) is 0 Å². The van der Waals surface area contributed by atoms with Gasteiger partial charge in [-0.1, -0.05) is 72.6 Å². The van der Waals surface area contributed by atoms with Crippen molar-refractivity contribution in [3.63, 3.8) is 0 Å². The summed E-state index contributed by atoms with van der Waals surface area (Å²) < 4.78 is 27.1. The highest BCUT2D eigenvalue weighted by molar-refractivity contribution is 7.92. The second kappa shape index (κ2) is 9.91. The van der Waals surface area contributed by atoms with Crippen molar-refractivity contribution in [2.24, 2.45) is 5.41 Å². The van der Waals surface area contributed by atoms with Crippen LogP contribution in [0.5, 0.6) is 0 Å². The molecule has 1 aliphatic heterocycles. The number of carbonyl (C=O) groups is 2. The van der Waals surface area contributed by atoms with E-state index in [0.717, 1.165) is 51.8 Å². The fraction of sp³-hybridized carbons (Fsp3) is 0.259. The number of nitrogens with one attached hydrogen (secondary N) is 1. The van der Waals surface area contributed by atoms with Crippen LogP contribution in [0.15, 0.2) is 76.2 Å². The van der Waals surface area contributed by atoms with Crippen LogP contribution in [-0.2, 0) is 26.2 Å². The SMILES string of the molecule is CC12CCCC(/C=C/C(=O)NS(=O)(=O)c3cc(Cl)c(Cl)s3)=C1N(Cc1ccc3ccccc3c1)C(=O)C2. The number of thiophene rings is 1. The van der Waals surface area contributed by atoms with Crippen LogP contribution >= 0.6 is 34.5 Å². The molecule has 0 saturated carbocycles. The number of nitrogens with zero attached hydrogens (tertiary/aromatic N) is 1. The summed E-state index contributed by atoms with van der Waals surface area (Å²) in [5, 5.41) is 2.36. The van der Waals surface area contributed by atoms with E-state index in [1.807, 2.05) is 33.9 Å². The second-order valence-corrected chi connectivity index (χ2v) is 13.6. The quantitative estimate of drug-likeness (QED) is 0.343. The molecule has 10 heteroatoms. The predicted molar refractivity (Wildman–Crippen MR) is 147 cm³/mol. The summed E-state index contributed by atoms with van der Waals surface area (Å²) in [4.78, 5) is 27.5. The summed E-state index contributed by atoms with van der Waals surface area (Å²) in [5.74, 6) is -0.733. The summed E-state index contributed by atoms with van der Waals surface area (Å²) >= 11 is 12.5. The number of fused-ring (bicyclic) bond motifs is 2. The number of hydrogen-bond acceptors (Lipinski definition) is 5. The Hall–Kier alpha value is -2.65. The van der Waals surface area contributed by atoms with Crippen molar-refractivity contribution in [3.05, 3.63) is 86.9 Å². The van der Waals surface area contributed by atoms with Crippen LogP contribution < -0.4 is 4.72 Å². The predicted octanol–water partition coefficient (Wildman–Crippen LogP) is 6.45. The lowest BCUT2D eigenvalue weighted by Gasteiger charge is -2.34. The molecule has 1 unspecified atom stereocenters. The van der Waals surface area contributed by atoms with E-state index >= 15 is 0 Å². The van der Waals surface area contributed by atoms with E-state index in [-0.39, 0.29) is 24.9 Å². The first-order valence-corrected chi connectivity index (χ1v) is 14.8. The molecule has 3 aromatic rings. The Balaban J connectivity index is 1.41. The highest BCUT2D eigenvalue weighted by atomic mass is 35.5. The molecular formula is C27H24Cl2N2O4S2. The monoisotopic (exact) mass is 574 g/mol. The van der Waals surface area contributed by atoms with Crippen molar-refractivity contribution in [1.29, 1.82) is 0 Å². The third-order valence-corrected chi connectivity index (χ3v) is 10.6. The minimum Gasteiger partial charge on any atom is -0.311 e. The topological polar surface area (TPSA) is 83.6 Å². The molecule has 5 rings (SSSR count). The molecule has 2 heterocycles. The number of allylic oxidation sites excluding steroid dienone is 3. The molecule has 0 spiro atoms. The molecule has 37 heavy (non-hydrogen) atoms. The lowest BCUT2D eigenvalue weighted by molar-refractivity contribution is -0.127. The normalized spacial score (nSPS) is 20.2. The summed E-state index contributed by atoms with van der Waals surface area (Å²) in [6, 6.07) is 15.5. The number of amides is 2. The van der Waals surface area contributed by atoms with Gasteiger partial charge in [0.05, 0.1) is 11.6 Å². The van der Waals surface area contributed by atoms with E-state index in [2.05, 4.69) is 25.1 Å². The molecular weight excluding hydrogens is 551 g/mol. The van der Waals surface area contributed by atoms with Crippen molar-refractivity contribution in [1.82, 2.24) is 9.62 Å². The number of rotatable bonds is 6. The van der Waals surface area contributed by atoms with Crippen LogP contribution in [0.4, 0.5) is 0 Å². The Morgan fingerprint density at radius 3 is 2.65 bits per heavy atom. The van der Waals surface area contributed by atoms with Gasteiger partial charge in [0.1, 0.15) is 8.55 Å². The molecule has 192 valence electrons. The van der Waals surface area contributed by atoms with Gasteiger partial charge in [-0.15, -0.1) is 11.3 Å². The van der Waals surface area contributed by atoms with Gasteiger partial charge in [-0.25, -0.2) is 13.1 Å². The highest BCUT2D eigenvalue weighted by Crippen LogP contribution is 2.50. The number of sulfonamides is 1. The lowest BCUT2D eigenvalue weighted by atomic mass is 9.74. The second-order valence-electron chi connectivity index (χ2n) is 9.62. The maximum absolute atomic E-state index is 13.2. The van der Waals surface area contributed by atoms with Crippen molar-refractivity contribution < 1.29 is 18.0 Å². The zero-order valence-corrected chi connectivity index (χ0v) is 23.1. The van der Waals surface area contributed by atoms with Gasteiger partial charge in [-0.2, -0.15) is 0 Å². The van der Waals surface area contributed by atoms with Crippen LogP contribution in [0, 0.1) is 5.41 Å². The minimum atomic E-state index is -4.10. The van der Waals surface area contributed by atoms with Crippen molar-refractivity contribution in [3.8, 4) is 0 Å². The van der Waals surface area contributed by atoms with Crippen LogP contribution in [0.2, 0.25) is 9.36 Å². The number of carbonyl (C=O) groups excluding carboxylic acids is 2. The maximum atomic E-state index is 13.2. The third kappa shape index (κ3) is 5.21. The highest BCUT2D eigenvalue weighted by Gasteiger charge is 2.46. The van der Waals surface area contributed by atoms with Crippen LogP contribution in [0.25, 0.3) is 10.8 Å². The first-order valence-electron chi connectivity index (χ1n) is 11.8. The largest absolute Gasteiger partial charge is 0.311 e. The van der Waals surface area contributed by atoms with E-state index in [1.54, 1.807) is 6.08 Å². The van der Waals surface area contributed by atoms with E-state index in [1.165, 1.54) is 12.1 Å². The Kier molecular flexibility index (Phi) is 6.96. The number of halogens is 2. The van der Waals surface area contributed by atoms with E-state index in [4.69, 9.17) is 23.2 Å². The van der Waals surface area contributed by atoms with E-state index in [0.29, 0.717) is 19.4 Å². The van der Waals surface area contributed by atoms with Gasteiger partial charge in [0.2, 0.25) is 5.91 Å². The smallest absolute Gasteiger partial charge is 0.273 e. The fourth-order valence-corrected chi connectivity index (χ4v) is 8.05. The lowest BCUT2D eigenvalue weighted by Crippen LogP contribution is -2.29. The Labute approximate surface area is 229 Å². The molecule has 0 bridgehead atoms. The van der Waals surface area contributed by atoms with Gasteiger partial charge in [0.15, 0.2) is 0 Å². The first-order chi connectivity index (χ1) is 17.6. The molecule has 6 nitrogen and oxygen atoms in total. The molecule has 2 aromatic carbocycles. The number of likely N-dealkylation sites (tertiary alicyclic amines) is 1. The first kappa shape index (κ1) is 26.0. The number of benzene rings is 2. The van der Waals surface area contributed by atoms with Gasteiger partial charge in [0, 0.05) is 23.6 Å². The van der Waals surface area contributed by atoms with Gasteiger partial charge in [-0.3, -0.25) is 9.59 Å². The van der Waals surface area contributed by atoms with Crippen LogP contribution in [-0.4, -0.2) is 25.1 Å². The third-order valence-electron chi connectivity index (χ3n) is 6.88. The van der Waals surface area contributed by atoms with Crippen LogP contribution in [0.1, 0.15) is 38.2 Å². The summed E-state index contributed by atoms with van der Waals surface area (Å²) in [7, 11) is -4.10. The van der Waals surface area contributed by atoms with Crippen molar-refractivity contribution in [2.45, 2.75) is 43.4 Å². The van der Waals surface area contributed by atoms with Crippen molar-refractivity contribution in [2.75, 3.05) is 0 Å². The Bertz CT molecular complexity index is 1570. The summed E-state index contributed by atoms with van der Waals surface area (Å²) in [6.45, 7) is 2.52. The molecule has 2 aliphatic rings. The Morgan fingerprint density at radius 1 is 1.16 bits per heavy atom. The average Bonchev–Trinajstić information content (AvgIpc) is 3.32. The maximum Gasteiger partial charge on any atom is 0.273 e. The van der Waals surface area contributed by atoms with Gasteiger partial charge in [-0.05, 0) is 53.3 Å². The molecule has 1 saturated heterocycles. The van der Waals surface area contributed by atoms with Gasteiger partial charge in [0.25, 0.3) is 15.9 Å². The minimum absolute atomic E-state index is 0.0527. The van der Waals surface area contributed by atoms with Gasteiger partial charge >= 0.3 is 0 Å². The zero-order valence-electron chi connectivity index (χ0n) is 20.0. The van der Waals surface area contributed by atoms with Crippen molar-refractivity contribution >= 4 is 67.1 Å². The Morgan fingerprint density at radius 2 is 1.92 bits per heavy atom. The molecule has 1 N–H and O–H groups in total. The molecule has 2 amide bonds. The molecule has 1 fully saturated rings. The zero-order chi connectivity index (χ0) is 26.4. The van der Waals surface area contributed by atoms with E-state index in [9.17, 15) is 18.0 Å². The standard InChI is InChI=1S/C27H24Cl2N2O4S2/c1-27-12-4-7-19(10-11-22(32)30-37(34,35)24-14-21(28)26(29)36-24)25(27)31(23(33)15-27)16-17-8-9-18-5-2-3-6-20(18)13-17/h2-3,5-6,8-11,13-14H,4,7,12,15-16H2,1H3,(H,30,32)/b11-10+.